The van der Waals surface area contributed by atoms with Crippen molar-refractivity contribution in [3.05, 3.63) is 29.8 Å². The Labute approximate surface area is 125 Å². The predicted molar refractivity (Wildman–Crippen MR) is 79.1 cm³/mol. The lowest BCUT2D eigenvalue weighted by Crippen LogP contribution is -2.24. The molecule has 0 N–H and O–H groups in total. The molecule has 0 aliphatic heterocycles. The molecule has 1 aromatic carbocycles. The van der Waals surface area contributed by atoms with Crippen LogP contribution >= 0.6 is 0 Å². The van der Waals surface area contributed by atoms with Crippen molar-refractivity contribution in [1.29, 1.82) is 0 Å². The molecule has 0 heterocycles. The molecule has 0 bridgehead atoms. The smallest absolute Gasteiger partial charge is 0.332 e. The van der Waals surface area contributed by atoms with Crippen molar-refractivity contribution in [3.8, 4) is 5.75 Å². The van der Waals surface area contributed by atoms with Gasteiger partial charge >= 0.3 is 5.97 Å². The van der Waals surface area contributed by atoms with Crippen molar-refractivity contribution in [2.75, 3.05) is 6.61 Å². The summed E-state index contributed by atoms with van der Waals surface area (Å²) in [5.41, 5.74) is 0.602. The third-order valence-electron chi connectivity index (χ3n) is 2.54. The first kappa shape index (κ1) is 16.9. The summed E-state index contributed by atoms with van der Waals surface area (Å²) in [6.07, 6.45) is 1.71. The Bertz CT molecular complexity index is 510. The van der Waals surface area contributed by atoms with Crippen LogP contribution in [0.1, 0.15) is 33.3 Å². The van der Waals surface area contributed by atoms with Gasteiger partial charge in [-0.3, -0.25) is 0 Å². The molecule has 0 fully saturated rings. The standard InChI is InChI=1S/C16H21NO4/c1-5-20-15(19)14(17-11-18)10-12-6-8-13(9-7-12)21-16(2,3)4/h6-9,14H,5,10H2,1-4H3/t14-/m0/s1. The van der Waals surface area contributed by atoms with Gasteiger partial charge in [-0.15, -0.1) is 0 Å². The van der Waals surface area contributed by atoms with E-state index in [1.165, 1.54) is 6.08 Å². The number of carbonyl (C=O) groups excluding carboxylic acids is 2. The molecule has 0 aromatic heterocycles. The first-order valence-corrected chi connectivity index (χ1v) is 6.87. The van der Waals surface area contributed by atoms with Crippen LogP contribution in [0.3, 0.4) is 0 Å². The molecule has 0 spiro atoms. The van der Waals surface area contributed by atoms with Crippen LogP contribution in [-0.2, 0) is 20.7 Å². The second-order valence-electron chi connectivity index (χ2n) is 5.55. The van der Waals surface area contributed by atoms with Crippen LogP contribution < -0.4 is 4.74 Å². The van der Waals surface area contributed by atoms with Crippen molar-refractivity contribution >= 4 is 12.0 Å². The van der Waals surface area contributed by atoms with E-state index in [1.807, 2.05) is 45.0 Å². The molecule has 0 aliphatic carbocycles. The van der Waals surface area contributed by atoms with Crippen LogP contribution in [0.25, 0.3) is 0 Å². The van der Waals surface area contributed by atoms with Crippen LogP contribution in [0.5, 0.6) is 5.75 Å². The Morgan fingerprint density at radius 3 is 2.38 bits per heavy atom. The first-order chi connectivity index (χ1) is 9.85. The Morgan fingerprint density at radius 1 is 1.29 bits per heavy atom. The zero-order valence-electron chi connectivity index (χ0n) is 12.9. The molecule has 0 aliphatic rings. The Kier molecular flexibility index (Phi) is 6.12. The molecule has 114 valence electrons. The highest BCUT2D eigenvalue weighted by Crippen LogP contribution is 2.19. The lowest BCUT2D eigenvalue weighted by molar-refractivity contribution is -0.144. The predicted octanol–water partition coefficient (Wildman–Crippen LogP) is 2.67. The number of hydrogen-bond donors (Lipinski definition) is 0. The third-order valence-corrected chi connectivity index (χ3v) is 2.54. The molecule has 0 unspecified atom stereocenters. The zero-order valence-corrected chi connectivity index (χ0v) is 12.9. The minimum absolute atomic E-state index is 0.252. The number of benzene rings is 1. The highest BCUT2D eigenvalue weighted by atomic mass is 16.5. The summed E-state index contributed by atoms with van der Waals surface area (Å²) < 4.78 is 10.6. The number of ether oxygens (including phenoxy) is 2. The number of hydrogen-bond acceptors (Lipinski definition) is 5. The minimum atomic E-state index is -0.850. The van der Waals surface area contributed by atoms with E-state index in [2.05, 4.69) is 4.99 Å². The van der Waals surface area contributed by atoms with E-state index in [0.717, 1.165) is 11.3 Å². The number of nitrogens with zero attached hydrogens (tertiary/aromatic N) is 1. The van der Waals surface area contributed by atoms with Gasteiger partial charge in [0, 0.05) is 6.42 Å². The van der Waals surface area contributed by atoms with E-state index in [9.17, 15) is 9.59 Å². The number of aliphatic imine (C=N–C) groups is 1. The molecule has 0 amide bonds. The molecule has 1 rings (SSSR count). The first-order valence-electron chi connectivity index (χ1n) is 6.87. The van der Waals surface area contributed by atoms with Crippen molar-refractivity contribution in [3.63, 3.8) is 0 Å². The van der Waals surface area contributed by atoms with E-state index >= 15 is 0 Å². The second kappa shape index (κ2) is 7.60. The van der Waals surface area contributed by atoms with Gasteiger partial charge in [-0.2, -0.15) is 4.99 Å². The van der Waals surface area contributed by atoms with Gasteiger partial charge in [-0.05, 0) is 45.4 Å². The van der Waals surface area contributed by atoms with Gasteiger partial charge in [0.05, 0.1) is 6.61 Å². The average molecular weight is 291 g/mol. The van der Waals surface area contributed by atoms with Crippen LogP contribution in [0.4, 0.5) is 0 Å². The number of isocyanates is 1. The maximum absolute atomic E-state index is 11.7. The normalized spacial score (nSPS) is 12.2. The van der Waals surface area contributed by atoms with Gasteiger partial charge in [0.1, 0.15) is 11.4 Å². The highest BCUT2D eigenvalue weighted by molar-refractivity contribution is 5.77. The van der Waals surface area contributed by atoms with Crippen LogP contribution in [-0.4, -0.2) is 30.3 Å². The van der Waals surface area contributed by atoms with Crippen molar-refractivity contribution in [2.24, 2.45) is 4.99 Å². The van der Waals surface area contributed by atoms with Gasteiger partial charge in [0.15, 0.2) is 6.04 Å². The minimum Gasteiger partial charge on any atom is -0.488 e. The van der Waals surface area contributed by atoms with E-state index in [0.29, 0.717) is 6.42 Å². The topological polar surface area (TPSA) is 65.0 Å². The molecule has 5 nitrogen and oxygen atoms in total. The fourth-order valence-corrected chi connectivity index (χ4v) is 1.75. The van der Waals surface area contributed by atoms with E-state index in [-0.39, 0.29) is 12.2 Å². The van der Waals surface area contributed by atoms with Crippen molar-refractivity contribution in [1.82, 2.24) is 0 Å². The molecule has 0 saturated carbocycles. The molecule has 21 heavy (non-hydrogen) atoms. The van der Waals surface area contributed by atoms with Gasteiger partial charge in [-0.1, -0.05) is 12.1 Å². The van der Waals surface area contributed by atoms with Crippen molar-refractivity contribution < 1.29 is 19.1 Å². The summed E-state index contributed by atoms with van der Waals surface area (Å²) in [5, 5.41) is 0. The highest BCUT2D eigenvalue weighted by Gasteiger charge is 2.19. The molecule has 5 heteroatoms. The summed E-state index contributed by atoms with van der Waals surface area (Å²) in [6.45, 7) is 7.86. The van der Waals surface area contributed by atoms with Crippen LogP contribution in [0.2, 0.25) is 0 Å². The third kappa shape index (κ3) is 6.23. The molecule has 0 saturated heterocycles. The van der Waals surface area contributed by atoms with E-state index in [4.69, 9.17) is 9.47 Å². The quantitative estimate of drug-likeness (QED) is 0.459. The summed E-state index contributed by atoms with van der Waals surface area (Å²) >= 11 is 0. The molecular formula is C16H21NO4. The Hall–Kier alpha value is -2.13. The lowest BCUT2D eigenvalue weighted by Gasteiger charge is -2.21. The second-order valence-corrected chi connectivity index (χ2v) is 5.55. The molecule has 0 radical (unpaired) electrons. The number of carbonyl (C=O) groups is 1. The largest absolute Gasteiger partial charge is 0.488 e. The monoisotopic (exact) mass is 291 g/mol. The van der Waals surface area contributed by atoms with Gasteiger partial charge in [0.2, 0.25) is 6.08 Å². The van der Waals surface area contributed by atoms with Gasteiger partial charge in [0.25, 0.3) is 0 Å². The molecule has 1 aromatic rings. The Balaban J connectivity index is 2.76. The lowest BCUT2D eigenvalue weighted by atomic mass is 10.1. The fraction of sp³-hybridized carbons (Fsp3) is 0.500. The summed E-state index contributed by atoms with van der Waals surface area (Å²) in [4.78, 5) is 25.6. The maximum atomic E-state index is 11.7. The van der Waals surface area contributed by atoms with E-state index < -0.39 is 12.0 Å². The number of esters is 1. The maximum Gasteiger partial charge on any atom is 0.332 e. The van der Waals surface area contributed by atoms with Gasteiger partial charge < -0.3 is 9.47 Å². The summed E-state index contributed by atoms with van der Waals surface area (Å²) in [5.74, 6) is 0.230. The molecule has 1 atom stereocenters. The van der Waals surface area contributed by atoms with Crippen LogP contribution in [0.15, 0.2) is 29.3 Å². The van der Waals surface area contributed by atoms with Crippen molar-refractivity contribution in [2.45, 2.75) is 45.8 Å². The average Bonchev–Trinajstić information content (AvgIpc) is 2.39. The summed E-state index contributed by atoms with van der Waals surface area (Å²) in [7, 11) is 0. The fourth-order valence-electron chi connectivity index (χ4n) is 1.75. The van der Waals surface area contributed by atoms with Gasteiger partial charge in [-0.25, -0.2) is 9.59 Å². The number of rotatable bonds is 6. The SMILES string of the molecule is CCOC(=O)[C@H](Cc1ccc(OC(C)(C)C)cc1)N=C=O. The van der Waals surface area contributed by atoms with E-state index in [1.54, 1.807) is 6.92 Å². The van der Waals surface area contributed by atoms with Crippen LogP contribution in [0, 0.1) is 0 Å². The Morgan fingerprint density at radius 2 is 1.90 bits per heavy atom. The zero-order chi connectivity index (χ0) is 15.9. The summed E-state index contributed by atoms with van der Waals surface area (Å²) in [6, 6.07) is 6.49. The molecular weight excluding hydrogens is 270 g/mol.